The molecule has 0 aromatic carbocycles. The van der Waals surface area contributed by atoms with Crippen LogP contribution in [0.5, 0.6) is 0 Å². The molecule has 0 fully saturated rings. The highest BCUT2D eigenvalue weighted by atomic mass is 32.2. The number of hydrogen-bond acceptors (Lipinski definition) is 3. The molecule has 0 spiro atoms. The van der Waals surface area contributed by atoms with Gasteiger partial charge in [0.1, 0.15) is 0 Å². The molecule has 0 rings (SSSR count). The van der Waals surface area contributed by atoms with Crippen LogP contribution in [0.3, 0.4) is 0 Å². The highest BCUT2D eigenvalue weighted by molar-refractivity contribution is 8.00. The lowest BCUT2D eigenvalue weighted by Gasteiger charge is -2.06. The maximum atomic E-state index is 10.1. The van der Waals surface area contributed by atoms with Crippen molar-refractivity contribution < 1.29 is 9.53 Å². The van der Waals surface area contributed by atoms with Crippen molar-refractivity contribution in [1.82, 2.24) is 0 Å². The maximum Gasteiger partial charge on any atom is 0.159 e. The van der Waals surface area contributed by atoms with E-state index in [1.54, 1.807) is 0 Å². The Bertz CT molecular complexity index is 69.5. The van der Waals surface area contributed by atoms with E-state index in [4.69, 9.17) is 4.74 Å². The first kappa shape index (κ1) is 8.98. The van der Waals surface area contributed by atoms with Gasteiger partial charge in [0.2, 0.25) is 0 Å². The van der Waals surface area contributed by atoms with Crippen LogP contribution in [0.25, 0.3) is 0 Å². The molecule has 0 aliphatic rings. The van der Waals surface area contributed by atoms with Gasteiger partial charge in [0.25, 0.3) is 0 Å². The number of carbonyl (C=O) groups is 1. The van der Waals surface area contributed by atoms with E-state index in [1.165, 1.54) is 11.8 Å². The smallest absolute Gasteiger partial charge is 0.159 e. The third kappa shape index (κ3) is 4.48. The predicted octanol–water partition coefficient (Wildman–Crippen LogP) is 1.30. The van der Waals surface area contributed by atoms with Crippen molar-refractivity contribution in [2.24, 2.45) is 0 Å². The van der Waals surface area contributed by atoms with Crippen LogP contribution in [-0.2, 0) is 9.53 Å². The van der Waals surface area contributed by atoms with Gasteiger partial charge < -0.3 is 4.74 Å². The lowest BCUT2D eigenvalue weighted by atomic mass is 10.8. The van der Waals surface area contributed by atoms with E-state index in [0.29, 0.717) is 6.61 Å². The van der Waals surface area contributed by atoms with Gasteiger partial charge in [-0.3, -0.25) is 4.79 Å². The molecule has 0 saturated heterocycles. The van der Waals surface area contributed by atoms with Crippen LogP contribution < -0.4 is 0 Å². The van der Waals surface area contributed by atoms with Gasteiger partial charge in [0.15, 0.2) is 11.7 Å². The number of aldehydes is 1. The van der Waals surface area contributed by atoms with Gasteiger partial charge in [-0.2, -0.15) is 0 Å². The van der Waals surface area contributed by atoms with Crippen molar-refractivity contribution in [2.45, 2.75) is 19.3 Å². The quantitative estimate of drug-likeness (QED) is 0.434. The van der Waals surface area contributed by atoms with E-state index in [-0.39, 0.29) is 5.44 Å². The average molecular weight is 148 g/mol. The molecule has 0 heterocycles. The van der Waals surface area contributed by atoms with Crippen LogP contribution in [0.4, 0.5) is 0 Å². The molecule has 1 unspecified atom stereocenters. The Hall–Kier alpha value is -0.0200. The van der Waals surface area contributed by atoms with Gasteiger partial charge in [0, 0.05) is 6.61 Å². The molecule has 2 nitrogen and oxygen atoms in total. The third-order valence-electron chi connectivity index (χ3n) is 0.773. The topological polar surface area (TPSA) is 26.3 Å². The third-order valence-corrected chi connectivity index (χ3v) is 1.68. The Kier molecular flexibility index (Phi) is 6.09. The first-order valence-electron chi connectivity index (χ1n) is 3.03. The van der Waals surface area contributed by atoms with Gasteiger partial charge in [-0.05, 0) is 12.7 Å². The Balaban J connectivity index is 3.29. The number of rotatable bonds is 5. The summed E-state index contributed by atoms with van der Waals surface area (Å²) in [4.78, 5) is 10.1. The first-order valence-corrected chi connectivity index (χ1v) is 4.08. The van der Waals surface area contributed by atoms with E-state index < -0.39 is 0 Å². The minimum atomic E-state index is -0.250. The molecule has 54 valence electrons. The van der Waals surface area contributed by atoms with Gasteiger partial charge in [-0.25, -0.2) is 0 Å². The van der Waals surface area contributed by atoms with Gasteiger partial charge in [-0.1, -0.05) is 6.92 Å². The molecule has 0 aromatic heterocycles. The van der Waals surface area contributed by atoms with Gasteiger partial charge >= 0.3 is 0 Å². The molecular weight excluding hydrogens is 136 g/mol. The van der Waals surface area contributed by atoms with E-state index in [9.17, 15) is 4.79 Å². The molecule has 0 aliphatic carbocycles. The van der Waals surface area contributed by atoms with Crippen molar-refractivity contribution in [1.29, 1.82) is 0 Å². The van der Waals surface area contributed by atoms with Crippen molar-refractivity contribution in [2.75, 3.05) is 12.4 Å². The summed E-state index contributed by atoms with van der Waals surface area (Å²) in [5.74, 6) is 0.920. The number of hydrogen-bond donors (Lipinski definition) is 0. The molecule has 0 aliphatic heterocycles. The van der Waals surface area contributed by atoms with Crippen LogP contribution in [0, 0.1) is 0 Å². The molecule has 9 heavy (non-hydrogen) atoms. The number of ether oxygens (including phenoxy) is 1. The lowest BCUT2D eigenvalue weighted by molar-refractivity contribution is -0.113. The standard InChI is InChI=1S/C6H12O2S/c1-3-8-6(5-7)9-4-2/h5-6H,3-4H2,1-2H3. The summed E-state index contributed by atoms with van der Waals surface area (Å²) < 4.78 is 5.03. The van der Waals surface area contributed by atoms with E-state index in [1.807, 2.05) is 13.8 Å². The zero-order valence-corrected chi connectivity index (χ0v) is 6.61. The normalized spacial score (nSPS) is 13.1. The summed E-state index contributed by atoms with van der Waals surface area (Å²) in [6, 6.07) is 0. The van der Waals surface area contributed by atoms with Crippen LogP contribution in [0.15, 0.2) is 0 Å². The summed E-state index contributed by atoms with van der Waals surface area (Å²) in [5, 5.41) is 0. The fraction of sp³-hybridized carbons (Fsp3) is 0.833. The highest BCUT2D eigenvalue weighted by Gasteiger charge is 2.02. The molecule has 0 radical (unpaired) electrons. The van der Waals surface area contributed by atoms with Gasteiger partial charge in [0.05, 0.1) is 0 Å². The Labute approximate surface area is 60.0 Å². The average Bonchev–Trinajstić information content (AvgIpc) is 1.88. The van der Waals surface area contributed by atoms with Crippen LogP contribution >= 0.6 is 11.8 Å². The van der Waals surface area contributed by atoms with Crippen LogP contribution in [0.1, 0.15) is 13.8 Å². The summed E-state index contributed by atoms with van der Waals surface area (Å²) in [7, 11) is 0. The second-order valence-electron chi connectivity index (χ2n) is 1.42. The highest BCUT2D eigenvalue weighted by Crippen LogP contribution is 2.08. The van der Waals surface area contributed by atoms with E-state index in [0.717, 1.165) is 12.0 Å². The van der Waals surface area contributed by atoms with E-state index in [2.05, 4.69) is 0 Å². The zero-order valence-electron chi connectivity index (χ0n) is 5.79. The van der Waals surface area contributed by atoms with Crippen LogP contribution in [0.2, 0.25) is 0 Å². The molecule has 0 aromatic rings. The maximum absolute atomic E-state index is 10.1. The van der Waals surface area contributed by atoms with Gasteiger partial charge in [-0.15, -0.1) is 11.8 Å². The molecule has 1 atom stereocenters. The second kappa shape index (κ2) is 6.11. The molecule has 0 N–H and O–H groups in total. The first-order chi connectivity index (χ1) is 4.35. The Morgan fingerprint density at radius 2 is 2.33 bits per heavy atom. The minimum absolute atomic E-state index is 0.250. The molecule has 3 heteroatoms. The summed E-state index contributed by atoms with van der Waals surface area (Å²) in [6.45, 7) is 4.49. The monoisotopic (exact) mass is 148 g/mol. The van der Waals surface area contributed by atoms with Crippen molar-refractivity contribution in [3.8, 4) is 0 Å². The lowest BCUT2D eigenvalue weighted by Crippen LogP contribution is -2.09. The number of thioether (sulfide) groups is 1. The Morgan fingerprint density at radius 3 is 2.67 bits per heavy atom. The summed E-state index contributed by atoms with van der Waals surface area (Å²) >= 11 is 1.51. The molecular formula is C6H12O2S. The fourth-order valence-corrected chi connectivity index (χ4v) is 1.09. The fourth-order valence-electron chi connectivity index (χ4n) is 0.455. The molecule has 0 bridgehead atoms. The largest absolute Gasteiger partial charge is 0.360 e. The summed E-state index contributed by atoms with van der Waals surface area (Å²) in [5.41, 5.74) is -0.250. The van der Waals surface area contributed by atoms with Crippen LogP contribution in [-0.4, -0.2) is 24.1 Å². The predicted molar refractivity (Wildman–Crippen MR) is 39.6 cm³/mol. The van der Waals surface area contributed by atoms with Crippen molar-refractivity contribution >= 4 is 18.0 Å². The SMILES string of the molecule is CCOC(C=O)SCC. The molecule has 0 saturated carbocycles. The second-order valence-corrected chi connectivity index (χ2v) is 2.79. The van der Waals surface area contributed by atoms with E-state index >= 15 is 0 Å². The van der Waals surface area contributed by atoms with Crippen molar-refractivity contribution in [3.05, 3.63) is 0 Å². The Morgan fingerprint density at radius 1 is 1.67 bits per heavy atom. The van der Waals surface area contributed by atoms with Crippen molar-refractivity contribution in [3.63, 3.8) is 0 Å². The zero-order chi connectivity index (χ0) is 7.11. The minimum Gasteiger partial charge on any atom is -0.360 e. The number of carbonyl (C=O) groups excluding carboxylic acids is 1. The summed E-state index contributed by atoms with van der Waals surface area (Å²) in [6.07, 6.45) is 0.831. The molecule has 0 amide bonds.